The number of hydrogen-bond acceptors (Lipinski definition) is 6. The van der Waals surface area contributed by atoms with Crippen molar-refractivity contribution < 1.29 is 37.3 Å². The van der Waals surface area contributed by atoms with Crippen molar-refractivity contribution in [1.29, 1.82) is 0 Å². The van der Waals surface area contributed by atoms with Gasteiger partial charge in [0.25, 0.3) is 0 Å². The number of rotatable bonds is 62. The molecule has 82 heavy (non-hydrogen) atoms. The molecule has 0 spiro atoms. The number of amides is 1. The Balaban J connectivity index is 5.18. The second-order valence-electron chi connectivity index (χ2n) is 24.3. The van der Waals surface area contributed by atoms with Gasteiger partial charge in [-0.15, -0.1) is 0 Å². The van der Waals surface area contributed by atoms with Crippen LogP contribution < -0.4 is 5.32 Å². The molecule has 10 heteroatoms. The smallest absolute Gasteiger partial charge is 0.456 e. The third-order valence-electron chi connectivity index (χ3n) is 15.1. The lowest BCUT2D eigenvalue weighted by molar-refractivity contribution is -0.870. The van der Waals surface area contributed by atoms with E-state index in [2.05, 4.69) is 99.0 Å². The number of hydrogen-bond donors (Lipinski definition) is 2. The molecule has 1 amide bonds. The van der Waals surface area contributed by atoms with Crippen molar-refractivity contribution in [3.63, 3.8) is 0 Å². The van der Waals surface area contributed by atoms with Crippen LogP contribution in [-0.2, 0) is 27.9 Å². The van der Waals surface area contributed by atoms with Crippen LogP contribution in [0, 0.1) is 0 Å². The molecule has 0 aliphatic carbocycles. The predicted molar refractivity (Wildman–Crippen MR) is 355 cm³/mol. The van der Waals surface area contributed by atoms with Crippen molar-refractivity contribution in [2.75, 3.05) is 40.9 Å². The van der Waals surface area contributed by atoms with Crippen molar-refractivity contribution in [1.82, 2.24) is 5.32 Å². The molecule has 0 aromatic heterocycles. The number of phosphoric acid groups is 1. The van der Waals surface area contributed by atoms with E-state index < -0.39 is 20.0 Å². The average Bonchev–Trinajstić information content (AvgIpc) is 3.44. The van der Waals surface area contributed by atoms with Crippen LogP contribution in [-0.4, -0.2) is 74.3 Å². The maximum atomic E-state index is 13.6. The minimum atomic E-state index is -4.47. The van der Waals surface area contributed by atoms with E-state index >= 15 is 0 Å². The Labute approximate surface area is 507 Å². The van der Waals surface area contributed by atoms with Crippen LogP contribution >= 0.6 is 7.82 Å². The highest BCUT2D eigenvalue weighted by atomic mass is 31.2. The highest BCUT2D eigenvalue weighted by Gasteiger charge is 2.30. The third-order valence-corrected chi connectivity index (χ3v) is 16.1. The molecule has 0 heterocycles. The number of allylic oxidation sites excluding steroid dienone is 13. The average molecular weight is 1170 g/mol. The predicted octanol–water partition coefficient (Wildman–Crippen LogP) is 21.7. The van der Waals surface area contributed by atoms with Crippen LogP contribution in [0.15, 0.2) is 85.1 Å². The Morgan fingerprint density at radius 2 is 0.780 bits per heavy atom. The van der Waals surface area contributed by atoms with Gasteiger partial charge in [-0.2, -0.15) is 0 Å². The fourth-order valence-corrected chi connectivity index (χ4v) is 10.6. The summed E-state index contributed by atoms with van der Waals surface area (Å²) in [5.74, 6) is -0.548. The first-order chi connectivity index (χ1) is 39.9. The summed E-state index contributed by atoms with van der Waals surface area (Å²) in [7, 11) is 1.47. The molecule has 3 unspecified atom stereocenters. The van der Waals surface area contributed by atoms with E-state index in [1.165, 1.54) is 180 Å². The molecular weight excluding hydrogens is 1040 g/mol. The van der Waals surface area contributed by atoms with E-state index in [0.29, 0.717) is 17.4 Å². The van der Waals surface area contributed by atoms with Gasteiger partial charge in [-0.1, -0.05) is 299 Å². The summed E-state index contributed by atoms with van der Waals surface area (Å²) in [6, 6.07) is -0.874. The standard InChI is InChI=1S/C72H131N2O7P/c1-7-10-13-16-19-22-25-28-30-32-34-36-37-39-41-43-45-47-50-53-56-59-62-65-72(76)81-70(63-60-57-54-51-48-27-24-21-18-15-12-9-3)69(68-80-82(77,78)79-67-66-74(4,5)6)73-71(75)64-61-58-55-52-49-46-44-42-40-38-35-33-31-29-26-23-20-17-14-11-8-2/h11,14,20,23,29,31,35,38,42,44,49,52,60,63,69-70H,7-10,12-13,15-19,21-22,24-28,30,32-34,36-37,39-41,43,45-48,50-51,53-59,61-62,64-68H2,1-6H3,(H-,73,75,77,78)/p+1/b14-11-,23-20-,31-29-,38-35-,44-42-,52-49-,63-60+. The third kappa shape index (κ3) is 61.7. The second kappa shape index (κ2) is 61.3. The Morgan fingerprint density at radius 1 is 0.439 bits per heavy atom. The van der Waals surface area contributed by atoms with Gasteiger partial charge >= 0.3 is 13.8 Å². The summed E-state index contributed by atoms with van der Waals surface area (Å²) in [5, 5.41) is 3.04. The van der Waals surface area contributed by atoms with Crippen molar-refractivity contribution >= 4 is 19.7 Å². The first-order valence-corrected chi connectivity index (χ1v) is 35.9. The van der Waals surface area contributed by atoms with E-state index in [-0.39, 0.29) is 37.9 Å². The first kappa shape index (κ1) is 79.2. The molecule has 0 aliphatic heterocycles. The minimum absolute atomic E-state index is 0.0296. The highest BCUT2D eigenvalue weighted by Crippen LogP contribution is 2.43. The summed E-state index contributed by atoms with van der Waals surface area (Å²) in [6.45, 7) is 6.89. The maximum absolute atomic E-state index is 13.6. The summed E-state index contributed by atoms with van der Waals surface area (Å²) < 4.78 is 30.8. The van der Waals surface area contributed by atoms with E-state index in [9.17, 15) is 19.0 Å². The van der Waals surface area contributed by atoms with Crippen LogP contribution in [0.25, 0.3) is 0 Å². The molecule has 0 saturated heterocycles. The number of ether oxygens (including phenoxy) is 1. The minimum Gasteiger partial charge on any atom is -0.456 e. The normalized spacial score (nSPS) is 14.1. The fourth-order valence-electron chi connectivity index (χ4n) is 9.83. The number of unbranched alkanes of at least 4 members (excludes halogenated alkanes) is 34. The van der Waals surface area contributed by atoms with Gasteiger partial charge < -0.3 is 19.4 Å². The zero-order valence-corrected chi connectivity index (χ0v) is 55.4. The van der Waals surface area contributed by atoms with Gasteiger partial charge in [0, 0.05) is 12.8 Å². The van der Waals surface area contributed by atoms with Gasteiger partial charge in [0.15, 0.2) is 0 Å². The van der Waals surface area contributed by atoms with Gasteiger partial charge in [0.05, 0.1) is 33.8 Å². The van der Waals surface area contributed by atoms with E-state index in [1.54, 1.807) is 0 Å². The quantitative estimate of drug-likeness (QED) is 0.0205. The zero-order valence-electron chi connectivity index (χ0n) is 54.5. The van der Waals surface area contributed by atoms with E-state index in [1.807, 2.05) is 33.3 Å². The SMILES string of the molecule is CC/C=C\C/C=C\C/C=C\C/C=C\C/C=C\C/C=C\CCCCC(=O)NC(COP(=O)(O)OCC[N+](C)(C)C)C(/C=C/CCCCCCCCCCCC)OC(=O)CCCCCCCCCCCCCCCCCCCCCCCCC. The first-order valence-electron chi connectivity index (χ1n) is 34.4. The fraction of sp³-hybridized carbons (Fsp3) is 0.778. The molecule has 0 aromatic carbocycles. The van der Waals surface area contributed by atoms with Crippen LogP contribution in [0.2, 0.25) is 0 Å². The Hall–Kier alpha value is -2.81. The number of nitrogens with one attached hydrogen (secondary N) is 1. The van der Waals surface area contributed by atoms with Gasteiger partial charge in [-0.05, 0) is 83.1 Å². The molecular formula is C72H132N2O7P+. The lowest BCUT2D eigenvalue weighted by Gasteiger charge is -2.27. The van der Waals surface area contributed by atoms with Crippen LogP contribution in [0.5, 0.6) is 0 Å². The Morgan fingerprint density at radius 3 is 1.18 bits per heavy atom. The lowest BCUT2D eigenvalue weighted by atomic mass is 10.0. The summed E-state index contributed by atoms with van der Waals surface area (Å²) in [4.78, 5) is 37.8. The number of phosphoric ester groups is 1. The molecule has 0 bridgehead atoms. The number of carbonyl (C=O) groups is 2. The molecule has 9 nitrogen and oxygen atoms in total. The van der Waals surface area contributed by atoms with Crippen molar-refractivity contribution in [2.24, 2.45) is 0 Å². The lowest BCUT2D eigenvalue weighted by Crippen LogP contribution is -2.47. The topological polar surface area (TPSA) is 111 Å². The molecule has 476 valence electrons. The molecule has 3 atom stereocenters. The molecule has 0 rings (SSSR count). The molecule has 0 fully saturated rings. The maximum Gasteiger partial charge on any atom is 0.472 e. The summed E-state index contributed by atoms with van der Waals surface area (Å²) >= 11 is 0. The highest BCUT2D eigenvalue weighted by molar-refractivity contribution is 7.47. The van der Waals surface area contributed by atoms with E-state index in [4.69, 9.17) is 13.8 Å². The van der Waals surface area contributed by atoms with Crippen LogP contribution in [0.1, 0.15) is 310 Å². The Kier molecular flexibility index (Phi) is 59.2. The van der Waals surface area contributed by atoms with Gasteiger partial charge in [-0.25, -0.2) is 4.57 Å². The number of quaternary nitrogens is 1. The van der Waals surface area contributed by atoms with Crippen molar-refractivity contribution in [3.05, 3.63) is 85.1 Å². The molecule has 0 saturated carbocycles. The molecule has 0 aliphatic rings. The van der Waals surface area contributed by atoms with Crippen molar-refractivity contribution in [3.8, 4) is 0 Å². The number of esters is 1. The summed E-state index contributed by atoms with van der Waals surface area (Å²) in [6.07, 6.45) is 81.7. The monoisotopic (exact) mass is 1170 g/mol. The number of nitrogens with zero attached hydrogens (tertiary/aromatic N) is 1. The molecule has 2 N–H and O–H groups in total. The second-order valence-corrected chi connectivity index (χ2v) is 25.8. The molecule has 0 aromatic rings. The zero-order chi connectivity index (χ0) is 60.0. The van der Waals surface area contributed by atoms with Crippen LogP contribution in [0.4, 0.5) is 0 Å². The number of likely N-dealkylation sites (N-methyl/N-ethyl adjacent to an activating group) is 1. The van der Waals surface area contributed by atoms with Crippen molar-refractivity contribution in [2.45, 2.75) is 322 Å². The molecule has 0 radical (unpaired) electrons. The Bertz CT molecular complexity index is 1680. The number of carbonyl (C=O) groups excluding carboxylic acids is 2. The van der Waals surface area contributed by atoms with Gasteiger partial charge in [0.1, 0.15) is 19.3 Å². The van der Waals surface area contributed by atoms with Crippen LogP contribution in [0.3, 0.4) is 0 Å². The largest absolute Gasteiger partial charge is 0.472 e. The van der Waals surface area contributed by atoms with Gasteiger partial charge in [-0.3, -0.25) is 18.6 Å². The summed E-state index contributed by atoms with van der Waals surface area (Å²) in [5.41, 5.74) is 0. The van der Waals surface area contributed by atoms with E-state index in [0.717, 1.165) is 89.9 Å². The van der Waals surface area contributed by atoms with Gasteiger partial charge in [0.2, 0.25) is 5.91 Å².